The normalized spacial score (nSPS) is 12.6. The molecule has 5 heteroatoms. The number of likely N-dealkylation sites (N-methyl/N-ethyl adjacent to an activating group) is 2. The monoisotopic (exact) mass is 217 g/mol. The van der Waals surface area contributed by atoms with E-state index < -0.39 is 0 Å². The second-order valence-corrected chi connectivity index (χ2v) is 4.13. The summed E-state index contributed by atoms with van der Waals surface area (Å²) in [4.78, 5) is 15.6. The van der Waals surface area contributed by atoms with Crippen LogP contribution in [0.4, 0.5) is 0 Å². The van der Waals surface area contributed by atoms with Crippen molar-refractivity contribution in [2.75, 3.05) is 27.7 Å². The quantitative estimate of drug-likeness (QED) is 0.662. The van der Waals surface area contributed by atoms with Crippen LogP contribution in [0, 0.1) is 0 Å². The van der Waals surface area contributed by atoms with Crippen molar-refractivity contribution in [3.63, 3.8) is 0 Å². The van der Waals surface area contributed by atoms with Gasteiger partial charge in [0.25, 0.3) is 0 Å². The summed E-state index contributed by atoms with van der Waals surface area (Å²) in [7, 11) is 5.39. The van der Waals surface area contributed by atoms with Crippen LogP contribution in [0.3, 0.4) is 0 Å². The van der Waals surface area contributed by atoms with Gasteiger partial charge in [-0.2, -0.15) is 0 Å². The van der Waals surface area contributed by atoms with Crippen LogP contribution in [0.2, 0.25) is 0 Å². The van der Waals surface area contributed by atoms with Crippen LogP contribution < -0.4 is 5.73 Å². The lowest BCUT2D eigenvalue weighted by Gasteiger charge is -2.25. The van der Waals surface area contributed by atoms with E-state index in [0.717, 1.165) is 6.54 Å². The summed E-state index contributed by atoms with van der Waals surface area (Å²) >= 11 is 4.77. The van der Waals surface area contributed by atoms with Crippen molar-refractivity contribution in [2.45, 2.75) is 19.4 Å². The highest BCUT2D eigenvalue weighted by molar-refractivity contribution is 7.80. The van der Waals surface area contributed by atoms with Gasteiger partial charge in [0.15, 0.2) is 0 Å². The molecule has 82 valence electrons. The molecule has 4 nitrogen and oxygen atoms in total. The van der Waals surface area contributed by atoms with E-state index in [-0.39, 0.29) is 11.9 Å². The summed E-state index contributed by atoms with van der Waals surface area (Å²) in [5.74, 6) is 0.0930. The van der Waals surface area contributed by atoms with Crippen LogP contribution in [0.5, 0.6) is 0 Å². The standard InChI is InChI=1S/C9H19N3OS/c1-7(9(13)11(2)3)12(4)6-5-8(10)14/h7H,5-6H2,1-4H3,(H2,10,14). The summed E-state index contributed by atoms with van der Waals surface area (Å²) in [6, 6.07) is -0.126. The van der Waals surface area contributed by atoms with Gasteiger partial charge in [0.2, 0.25) is 5.91 Å². The number of hydrogen-bond donors (Lipinski definition) is 1. The Morgan fingerprint density at radius 3 is 2.29 bits per heavy atom. The van der Waals surface area contributed by atoms with Gasteiger partial charge in [0.05, 0.1) is 11.0 Å². The van der Waals surface area contributed by atoms with Crippen LogP contribution >= 0.6 is 12.2 Å². The first kappa shape index (κ1) is 13.3. The molecule has 0 spiro atoms. The van der Waals surface area contributed by atoms with Crippen LogP contribution in [0.15, 0.2) is 0 Å². The van der Waals surface area contributed by atoms with Gasteiger partial charge in [0, 0.05) is 27.1 Å². The third-order valence-corrected chi connectivity index (χ3v) is 2.37. The Balaban J connectivity index is 4.04. The Bertz CT molecular complexity index is 218. The molecule has 0 aliphatic rings. The molecule has 0 fully saturated rings. The lowest BCUT2D eigenvalue weighted by Crippen LogP contribution is -2.43. The number of amides is 1. The molecule has 0 bridgehead atoms. The minimum Gasteiger partial charge on any atom is -0.393 e. The molecule has 0 radical (unpaired) electrons. The number of hydrogen-bond acceptors (Lipinski definition) is 3. The number of thiocarbonyl (C=S) groups is 1. The van der Waals surface area contributed by atoms with Gasteiger partial charge in [-0.25, -0.2) is 0 Å². The molecule has 1 atom stereocenters. The molecular weight excluding hydrogens is 198 g/mol. The first-order valence-electron chi connectivity index (χ1n) is 4.56. The average Bonchev–Trinajstić information content (AvgIpc) is 2.11. The van der Waals surface area contributed by atoms with Gasteiger partial charge in [0.1, 0.15) is 0 Å². The minimum atomic E-state index is -0.126. The summed E-state index contributed by atoms with van der Waals surface area (Å²) in [5.41, 5.74) is 5.39. The molecule has 14 heavy (non-hydrogen) atoms. The van der Waals surface area contributed by atoms with Crippen molar-refractivity contribution in [3.8, 4) is 0 Å². The topological polar surface area (TPSA) is 49.6 Å². The summed E-state index contributed by atoms with van der Waals surface area (Å²) < 4.78 is 0. The molecule has 0 heterocycles. The fourth-order valence-corrected chi connectivity index (χ4v) is 1.13. The Hall–Kier alpha value is -0.680. The summed E-state index contributed by atoms with van der Waals surface area (Å²) in [6.45, 7) is 2.60. The fourth-order valence-electron chi connectivity index (χ4n) is 1.04. The van der Waals surface area contributed by atoms with Crippen molar-refractivity contribution in [3.05, 3.63) is 0 Å². The van der Waals surface area contributed by atoms with E-state index in [0.29, 0.717) is 11.4 Å². The molecule has 0 aliphatic carbocycles. The smallest absolute Gasteiger partial charge is 0.239 e. The highest BCUT2D eigenvalue weighted by atomic mass is 32.1. The van der Waals surface area contributed by atoms with Crippen molar-refractivity contribution >= 4 is 23.1 Å². The minimum absolute atomic E-state index is 0.0930. The zero-order valence-electron chi connectivity index (χ0n) is 9.28. The number of rotatable bonds is 5. The van der Waals surface area contributed by atoms with E-state index in [1.807, 2.05) is 18.9 Å². The van der Waals surface area contributed by atoms with E-state index in [2.05, 4.69) is 0 Å². The van der Waals surface area contributed by atoms with Crippen LogP contribution in [0.1, 0.15) is 13.3 Å². The largest absolute Gasteiger partial charge is 0.393 e. The van der Waals surface area contributed by atoms with Gasteiger partial charge >= 0.3 is 0 Å². The highest BCUT2D eigenvalue weighted by Crippen LogP contribution is 2.00. The first-order valence-corrected chi connectivity index (χ1v) is 4.96. The molecule has 0 aromatic carbocycles. The number of nitrogens with zero attached hydrogens (tertiary/aromatic N) is 2. The maximum Gasteiger partial charge on any atom is 0.239 e. The van der Waals surface area contributed by atoms with Gasteiger partial charge in [-0.15, -0.1) is 0 Å². The number of nitrogens with two attached hydrogens (primary N) is 1. The van der Waals surface area contributed by atoms with E-state index in [4.69, 9.17) is 18.0 Å². The average molecular weight is 217 g/mol. The lowest BCUT2D eigenvalue weighted by molar-refractivity contribution is -0.133. The molecule has 1 amide bonds. The van der Waals surface area contributed by atoms with Crippen molar-refractivity contribution < 1.29 is 4.79 Å². The summed E-state index contributed by atoms with van der Waals surface area (Å²) in [5, 5.41) is 0. The SMILES string of the molecule is CC(C(=O)N(C)C)N(C)CCC(N)=S. The molecule has 0 aromatic rings. The molecule has 0 aromatic heterocycles. The third-order valence-electron chi connectivity index (χ3n) is 2.17. The van der Waals surface area contributed by atoms with E-state index in [1.165, 1.54) is 0 Å². The van der Waals surface area contributed by atoms with E-state index in [9.17, 15) is 4.79 Å². The summed E-state index contributed by atoms with van der Waals surface area (Å²) in [6.07, 6.45) is 0.650. The Kier molecular flexibility index (Phi) is 5.64. The molecule has 1 unspecified atom stereocenters. The second-order valence-electron chi connectivity index (χ2n) is 3.61. The predicted octanol–water partition coefficient (Wildman–Crippen LogP) is 0.0711. The zero-order valence-corrected chi connectivity index (χ0v) is 10.1. The fraction of sp³-hybridized carbons (Fsp3) is 0.778. The maximum absolute atomic E-state index is 11.5. The molecule has 0 saturated carbocycles. The van der Waals surface area contributed by atoms with Gasteiger partial charge in [-0.1, -0.05) is 12.2 Å². The van der Waals surface area contributed by atoms with Crippen LogP contribution in [-0.4, -0.2) is 54.4 Å². The van der Waals surface area contributed by atoms with Gasteiger partial charge < -0.3 is 10.6 Å². The third kappa shape index (κ3) is 4.53. The van der Waals surface area contributed by atoms with Crippen LogP contribution in [-0.2, 0) is 4.79 Å². The van der Waals surface area contributed by atoms with Crippen molar-refractivity contribution in [1.82, 2.24) is 9.80 Å². The number of carbonyl (C=O) groups is 1. The van der Waals surface area contributed by atoms with E-state index in [1.54, 1.807) is 19.0 Å². The zero-order chi connectivity index (χ0) is 11.3. The lowest BCUT2D eigenvalue weighted by atomic mass is 10.2. The molecular formula is C9H19N3OS. The van der Waals surface area contributed by atoms with Gasteiger partial charge in [-0.05, 0) is 14.0 Å². The maximum atomic E-state index is 11.5. The van der Waals surface area contributed by atoms with Crippen LogP contribution in [0.25, 0.3) is 0 Å². The molecule has 0 rings (SSSR count). The Morgan fingerprint density at radius 2 is 1.93 bits per heavy atom. The molecule has 0 saturated heterocycles. The molecule has 0 aliphatic heterocycles. The second kappa shape index (κ2) is 5.93. The Labute approximate surface area is 91.0 Å². The van der Waals surface area contributed by atoms with E-state index >= 15 is 0 Å². The van der Waals surface area contributed by atoms with Crippen molar-refractivity contribution in [2.24, 2.45) is 5.73 Å². The molecule has 2 N–H and O–H groups in total. The number of carbonyl (C=O) groups excluding carboxylic acids is 1. The predicted molar refractivity (Wildman–Crippen MR) is 62.2 cm³/mol. The van der Waals surface area contributed by atoms with Gasteiger partial charge in [-0.3, -0.25) is 9.69 Å². The Morgan fingerprint density at radius 1 is 1.43 bits per heavy atom. The highest BCUT2D eigenvalue weighted by Gasteiger charge is 2.18. The van der Waals surface area contributed by atoms with Crippen molar-refractivity contribution in [1.29, 1.82) is 0 Å². The first-order chi connectivity index (χ1) is 6.36.